The van der Waals surface area contributed by atoms with Crippen LogP contribution in [-0.2, 0) is 39.1 Å². The number of hydrogen-bond donors (Lipinski definition) is 2. The molecular weight excluding hydrogens is 655 g/mol. The number of amides is 2. The smallest absolute Gasteiger partial charge is 0.261 e. The van der Waals surface area contributed by atoms with Crippen LogP contribution in [0.5, 0.6) is 5.75 Å². The molecule has 9 nitrogen and oxygen atoms in total. The number of pyridine rings is 1. The molecule has 2 amide bonds. The second-order valence-electron chi connectivity index (χ2n) is 10.8. The Hall–Kier alpha value is -5.26. The minimum absolute atomic E-state index is 0.0527. The molecule has 0 fully saturated rings. The SMILES string of the molecule is O=C(NCc1cccnc1)C(Cc1ccccc1)N(Cc1ccc(Cl)cc1)C(=O)COc1ccc(S(=O)(=O)Nc2ccc(F)cc2)cc1. The van der Waals surface area contributed by atoms with Gasteiger partial charge in [0.05, 0.1) is 4.90 Å². The van der Waals surface area contributed by atoms with Crippen molar-refractivity contribution >= 4 is 39.1 Å². The summed E-state index contributed by atoms with van der Waals surface area (Å²) in [5.41, 5.74) is 2.63. The highest BCUT2D eigenvalue weighted by Crippen LogP contribution is 2.21. The Balaban J connectivity index is 1.34. The minimum atomic E-state index is -3.96. The number of anilines is 1. The standard InChI is InChI=1S/C36H32ClFN4O5S/c37-29-10-8-27(9-11-29)24-42(34(21-26-5-2-1-3-6-26)36(44)40-23-28-7-4-20-39-22-28)35(43)25-47-32-16-18-33(19-17-32)48(45,46)41-31-14-12-30(38)13-15-31/h1-20,22,34,41H,21,23-25H2,(H,40,44). The maximum Gasteiger partial charge on any atom is 0.261 e. The first kappa shape index (κ1) is 34.1. The van der Waals surface area contributed by atoms with E-state index in [1.54, 1.807) is 42.7 Å². The van der Waals surface area contributed by atoms with E-state index in [2.05, 4.69) is 15.0 Å². The van der Waals surface area contributed by atoms with E-state index in [-0.39, 0.29) is 41.7 Å². The summed E-state index contributed by atoms with van der Waals surface area (Å²) >= 11 is 6.11. The van der Waals surface area contributed by atoms with Crippen LogP contribution in [-0.4, -0.2) is 42.8 Å². The predicted octanol–water partition coefficient (Wildman–Crippen LogP) is 6.01. The first-order chi connectivity index (χ1) is 23.2. The lowest BCUT2D eigenvalue weighted by Gasteiger charge is -2.31. The molecule has 1 aromatic heterocycles. The van der Waals surface area contributed by atoms with Crippen molar-refractivity contribution in [1.82, 2.24) is 15.2 Å². The fraction of sp³-hybridized carbons (Fsp3) is 0.139. The van der Waals surface area contributed by atoms with Gasteiger partial charge in [0.1, 0.15) is 17.6 Å². The number of benzene rings is 4. The van der Waals surface area contributed by atoms with Gasteiger partial charge in [-0.15, -0.1) is 0 Å². The van der Waals surface area contributed by atoms with Gasteiger partial charge in [-0.3, -0.25) is 19.3 Å². The number of carbonyl (C=O) groups excluding carboxylic acids is 2. The summed E-state index contributed by atoms with van der Waals surface area (Å²) in [6, 6.07) is 29.6. The third-order valence-corrected chi connectivity index (χ3v) is 8.97. The van der Waals surface area contributed by atoms with Crippen LogP contribution in [0.4, 0.5) is 10.1 Å². The number of nitrogens with zero attached hydrogens (tertiary/aromatic N) is 2. The van der Waals surface area contributed by atoms with Gasteiger partial charge in [0, 0.05) is 42.6 Å². The predicted molar refractivity (Wildman–Crippen MR) is 181 cm³/mol. The van der Waals surface area contributed by atoms with Crippen molar-refractivity contribution in [3.8, 4) is 5.75 Å². The van der Waals surface area contributed by atoms with E-state index in [9.17, 15) is 22.4 Å². The molecule has 0 aliphatic carbocycles. The van der Waals surface area contributed by atoms with Crippen LogP contribution in [0, 0.1) is 5.82 Å². The van der Waals surface area contributed by atoms with Crippen molar-refractivity contribution in [3.05, 3.63) is 155 Å². The van der Waals surface area contributed by atoms with Gasteiger partial charge >= 0.3 is 0 Å². The maximum absolute atomic E-state index is 13.9. The first-order valence-electron chi connectivity index (χ1n) is 14.9. The monoisotopic (exact) mass is 686 g/mol. The summed E-state index contributed by atoms with van der Waals surface area (Å²) in [5, 5.41) is 3.48. The topological polar surface area (TPSA) is 118 Å². The first-order valence-corrected chi connectivity index (χ1v) is 16.8. The van der Waals surface area contributed by atoms with E-state index >= 15 is 0 Å². The zero-order valence-corrected chi connectivity index (χ0v) is 27.2. The molecule has 1 unspecified atom stereocenters. The number of halogens is 2. The molecule has 1 heterocycles. The molecule has 5 rings (SSSR count). The average Bonchev–Trinajstić information content (AvgIpc) is 3.10. The highest BCUT2D eigenvalue weighted by Gasteiger charge is 2.31. The second-order valence-corrected chi connectivity index (χ2v) is 12.9. The van der Waals surface area contributed by atoms with E-state index in [0.29, 0.717) is 5.02 Å². The van der Waals surface area contributed by atoms with Gasteiger partial charge in [0.25, 0.3) is 15.9 Å². The average molecular weight is 687 g/mol. The number of sulfonamides is 1. The third-order valence-electron chi connectivity index (χ3n) is 7.32. The maximum atomic E-state index is 13.9. The lowest BCUT2D eigenvalue weighted by Crippen LogP contribution is -2.51. The minimum Gasteiger partial charge on any atom is -0.484 e. The largest absolute Gasteiger partial charge is 0.484 e. The molecule has 0 saturated carbocycles. The Morgan fingerprint density at radius 3 is 2.19 bits per heavy atom. The lowest BCUT2D eigenvalue weighted by atomic mass is 10.0. The van der Waals surface area contributed by atoms with Crippen LogP contribution < -0.4 is 14.8 Å². The van der Waals surface area contributed by atoms with E-state index < -0.39 is 34.4 Å². The molecule has 48 heavy (non-hydrogen) atoms. The number of ether oxygens (including phenoxy) is 1. The second kappa shape index (κ2) is 16.0. The van der Waals surface area contributed by atoms with E-state index in [0.717, 1.165) is 28.8 Å². The summed E-state index contributed by atoms with van der Waals surface area (Å²) in [4.78, 5) is 33.2. The molecule has 12 heteroatoms. The molecule has 5 aromatic rings. The van der Waals surface area contributed by atoms with Gasteiger partial charge in [-0.05, 0) is 83.4 Å². The fourth-order valence-corrected chi connectivity index (χ4v) is 6.01. The van der Waals surface area contributed by atoms with Crippen LogP contribution in [0.1, 0.15) is 16.7 Å². The molecule has 0 saturated heterocycles. The van der Waals surface area contributed by atoms with Crippen molar-refractivity contribution in [3.63, 3.8) is 0 Å². The Bertz CT molecular complexity index is 1910. The van der Waals surface area contributed by atoms with Crippen molar-refractivity contribution in [2.75, 3.05) is 11.3 Å². The summed E-state index contributed by atoms with van der Waals surface area (Å²) in [7, 11) is -3.96. The zero-order chi connectivity index (χ0) is 33.9. The Morgan fingerprint density at radius 2 is 1.52 bits per heavy atom. The molecule has 2 N–H and O–H groups in total. The summed E-state index contributed by atoms with van der Waals surface area (Å²) in [5.74, 6) is -1.06. The Kier molecular flexibility index (Phi) is 11.4. The van der Waals surface area contributed by atoms with E-state index in [1.807, 2.05) is 36.4 Å². The van der Waals surface area contributed by atoms with Crippen LogP contribution in [0.25, 0.3) is 0 Å². The van der Waals surface area contributed by atoms with Gasteiger partial charge in [-0.25, -0.2) is 12.8 Å². The number of carbonyl (C=O) groups is 2. The molecule has 0 spiro atoms. The normalized spacial score (nSPS) is 11.7. The molecule has 4 aromatic carbocycles. The van der Waals surface area contributed by atoms with Gasteiger partial charge in [0.15, 0.2) is 6.61 Å². The molecular formula is C36H32ClFN4O5S. The van der Waals surface area contributed by atoms with Crippen molar-refractivity contribution in [2.45, 2.75) is 30.4 Å². The van der Waals surface area contributed by atoms with Gasteiger partial charge < -0.3 is 15.0 Å². The van der Waals surface area contributed by atoms with Crippen LogP contribution in [0.15, 0.2) is 133 Å². The highest BCUT2D eigenvalue weighted by atomic mass is 35.5. The molecule has 0 aliphatic rings. The lowest BCUT2D eigenvalue weighted by molar-refractivity contribution is -0.142. The van der Waals surface area contributed by atoms with Gasteiger partial charge in [0.2, 0.25) is 5.91 Å². The molecule has 0 aliphatic heterocycles. The molecule has 0 bridgehead atoms. The van der Waals surface area contributed by atoms with Gasteiger partial charge in [-0.1, -0.05) is 60.1 Å². The third kappa shape index (κ3) is 9.63. The summed E-state index contributed by atoms with van der Waals surface area (Å²) in [6.07, 6.45) is 3.55. The van der Waals surface area contributed by atoms with E-state index in [4.69, 9.17) is 16.3 Å². The number of aromatic nitrogens is 1. The fourth-order valence-electron chi connectivity index (χ4n) is 4.83. The Labute approximate surface area is 283 Å². The number of hydrogen-bond acceptors (Lipinski definition) is 6. The van der Waals surface area contributed by atoms with Crippen molar-refractivity contribution < 1.29 is 27.1 Å². The quantitative estimate of drug-likeness (QED) is 0.148. The molecule has 1 atom stereocenters. The van der Waals surface area contributed by atoms with Crippen LogP contribution >= 0.6 is 11.6 Å². The van der Waals surface area contributed by atoms with E-state index in [1.165, 1.54) is 41.3 Å². The van der Waals surface area contributed by atoms with Crippen molar-refractivity contribution in [1.29, 1.82) is 0 Å². The molecule has 246 valence electrons. The zero-order valence-electron chi connectivity index (χ0n) is 25.6. The van der Waals surface area contributed by atoms with Gasteiger partial charge in [-0.2, -0.15) is 0 Å². The van der Waals surface area contributed by atoms with Crippen molar-refractivity contribution in [2.24, 2.45) is 0 Å². The summed E-state index contributed by atoms with van der Waals surface area (Å²) < 4.78 is 47.1. The highest BCUT2D eigenvalue weighted by molar-refractivity contribution is 7.92. The molecule has 0 radical (unpaired) electrons. The van der Waals surface area contributed by atoms with Crippen LogP contribution in [0.3, 0.4) is 0 Å². The number of rotatable bonds is 14. The van der Waals surface area contributed by atoms with Crippen LogP contribution in [0.2, 0.25) is 5.02 Å². The Morgan fingerprint density at radius 1 is 0.833 bits per heavy atom. The number of nitrogens with one attached hydrogen (secondary N) is 2. The summed E-state index contributed by atoms with van der Waals surface area (Å²) in [6.45, 7) is -0.0964.